The van der Waals surface area contributed by atoms with Gasteiger partial charge in [0.1, 0.15) is 0 Å². The van der Waals surface area contributed by atoms with E-state index in [2.05, 4.69) is 27.7 Å². The Balaban J connectivity index is 2.02. The van der Waals surface area contributed by atoms with E-state index in [9.17, 15) is 0 Å². The third-order valence-electron chi connectivity index (χ3n) is 4.43. The van der Waals surface area contributed by atoms with Crippen molar-refractivity contribution in [3.63, 3.8) is 0 Å². The lowest BCUT2D eigenvalue weighted by Crippen LogP contribution is -2.43. The van der Waals surface area contributed by atoms with Gasteiger partial charge >= 0.3 is 0 Å². The highest BCUT2D eigenvalue weighted by atomic mass is 16.5. The van der Waals surface area contributed by atoms with Crippen LogP contribution < -0.4 is 0 Å². The molecule has 2 fully saturated rings. The molecule has 0 spiro atoms. The Labute approximate surface area is 88.2 Å². The first-order valence-corrected chi connectivity index (χ1v) is 6.12. The molecule has 1 heteroatoms. The van der Waals surface area contributed by atoms with Crippen LogP contribution in [0.2, 0.25) is 0 Å². The van der Waals surface area contributed by atoms with Gasteiger partial charge < -0.3 is 4.74 Å². The number of ether oxygens (including phenoxy) is 1. The van der Waals surface area contributed by atoms with Crippen molar-refractivity contribution in [2.45, 2.75) is 52.6 Å². The molecule has 4 atom stereocenters. The molecule has 0 N–H and O–H groups in total. The third-order valence-corrected chi connectivity index (χ3v) is 4.43. The lowest BCUT2D eigenvalue weighted by Gasteiger charge is -2.47. The van der Waals surface area contributed by atoms with Crippen molar-refractivity contribution in [2.75, 3.05) is 6.61 Å². The maximum Gasteiger partial charge on any atom is 0.0629 e. The first kappa shape index (κ1) is 10.5. The topological polar surface area (TPSA) is 9.23 Å². The summed E-state index contributed by atoms with van der Waals surface area (Å²) in [7, 11) is 0. The van der Waals surface area contributed by atoms with Gasteiger partial charge in [-0.3, -0.25) is 0 Å². The van der Waals surface area contributed by atoms with Crippen LogP contribution in [0.1, 0.15) is 47.0 Å². The highest BCUT2D eigenvalue weighted by Gasteiger charge is 2.40. The van der Waals surface area contributed by atoms with E-state index in [0.29, 0.717) is 0 Å². The average Bonchev–Trinajstić information content (AvgIpc) is 2.07. The number of hydrogen-bond acceptors (Lipinski definition) is 1. The van der Waals surface area contributed by atoms with Gasteiger partial charge in [0, 0.05) is 0 Å². The third kappa shape index (κ3) is 1.98. The Hall–Kier alpha value is -0.0400. The van der Waals surface area contributed by atoms with E-state index < -0.39 is 0 Å². The SMILES string of the molecule is CC1CC2COC(C)(C)CC2CC1C. The van der Waals surface area contributed by atoms with Crippen molar-refractivity contribution < 1.29 is 4.74 Å². The minimum absolute atomic E-state index is 0.140. The predicted molar refractivity (Wildman–Crippen MR) is 59.2 cm³/mol. The summed E-state index contributed by atoms with van der Waals surface area (Å²) in [6.07, 6.45) is 4.09. The Morgan fingerprint density at radius 3 is 2.21 bits per heavy atom. The predicted octanol–water partition coefficient (Wildman–Crippen LogP) is 3.48. The van der Waals surface area contributed by atoms with E-state index in [-0.39, 0.29) is 5.60 Å². The second kappa shape index (κ2) is 3.52. The Bertz CT molecular complexity index is 209. The molecule has 2 rings (SSSR count). The molecule has 1 saturated carbocycles. The summed E-state index contributed by atoms with van der Waals surface area (Å²) >= 11 is 0. The van der Waals surface area contributed by atoms with Crippen LogP contribution in [0.5, 0.6) is 0 Å². The maximum absolute atomic E-state index is 5.92. The van der Waals surface area contributed by atoms with E-state index in [1.165, 1.54) is 19.3 Å². The molecule has 1 nitrogen and oxygen atoms in total. The van der Waals surface area contributed by atoms with Crippen molar-refractivity contribution >= 4 is 0 Å². The molecule has 1 aliphatic carbocycles. The van der Waals surface area contributed by atoms with Gasteiger partial charge in [-0.15, -0.1) is 0 Å². The molecule has 0 aromatic rings. The minimum Gasteiger partial charge on any atom is -0.375 e. The van der Waals surface area contributed by atoms with Crippen LogP contribution in [0.15, 0.2) is 0 Å². The highest BCUT2D eigenvalue weighted by molar-refractivity contribution is 4.89. The van der Waals surface area contributed by atoms with E-state index in [1.54, 1.807) is 0 Å². The van der Waals surface area contributed by atoms with E-state index in [0.717, 1.165) is 30.3 Å². The summed E-state index contributed by atoms with van der Waals surface area (Å²) in [6.45, 7) is 10.3. The smallest absolute Gasteiger partial charge is 0.0629 e. The lowest BCUT2D eigenvalue weighted by atomic mass is 9.66. The zero-order chi connectivity index (χ0) is 10.3. The maximum atomic E-state index is 5.92. The fourth-order valence-electron chi connectivity index (χ4n) is 3.28. The largest absolute Gasteiger partial charge is 0.375 e. The van der Waals surface area contributed by atoms with Gasteiger partial charge in [-0.25, -0.2) is 0 Å². The first-order valence-electron chi connectivity index (χ1n) is 6.12. The molecule has 82 valence electrons. The van der Waals surface area contributed by atoms with Gasteiger partial charge in [-0.1, -0.05) is 13.8 Å². The molecule has 4 unspecified atom stereocenters. The van der Waals surface area contributed by atoms with E-state index in [4.69, 9.17) is 4.74 Å². The van der Waals surface area contributed by atoms with Crippen molar-refractivity contribution in [3.8, 4) is 0 Å². The molecule has 0 aromatic carbocycles. The van der Waals surface area contributed by atoms with Crippen molar-refractivity contribution in [2.24, 2.45) is 23.7 Å². The molecule has 0 radical (unpaired) electrons. The monoisotopic (exact) mass is 196 g/mol. The van der Waals surface area contributed by atoms with Gasteiger partial charge in [-0.2, -0.15) is 0 Å². The van der Waals surface area contributed by atoms with Gasteiger partial charge in [-0.05, 0) is 56.8 Å². The summed E-state index contributed by atoms with van der Waals surface area (Å²) in [5, 5.41) is 0. The quantitative estimate of drug-likeness (QED) is 0.576. The fourth-order valence-corrected chi connectivity index (χ4v) is 3.28. The van der Waals surface area contributed by atoms with Gasteiger partial charge in [0.25, 0.3) is 0 Å². The average molecular weight is 196 g/mol. The second-order valence-electron chi connectivity index (χ2n) is 6.22. The Morgan fingerprint density at radius 1 is 1.00 bits per heavy atom. The number of fused-ring (bicyclic) bond motifs is 1. The molecule has 2 aliphatic rings. The van der Waals surface area contributed by atoms with Gasteiger partial charge in [0.2, 0.25) is 0 Å². The standard InChI is InChI=1S/C13H24O/c1-9-5-11-7-13(3,4)14-8-12(11)6-10(9)2/h9-12H,5-8H2,1-4H3. The van der Waals surface area contributed by atoms with Gasteiger partial charge in [0.05, 0.1) is 12.2 Å². The molecule has 0 bridgehead atoms. The normalized spacial score (nSPS) is 47.1. The molecule has 1 saturated heterocycles. The first-order chi connectivity index (χ1) is 6.48. The van der Waals surface area contributed by atoms with Crippen LogP contribution in [0, 0.1) is 23.7 Å². The summed E-state index contributed by atoms with van der Waals surface area (Å²) in [5.74, 6) is 3.62. The van der Waals surface area contributed by atoms with Crippen molar-refractivity contribution in [3.05, 3.63) is 0 Å². The van der Waals surface area contributed by atoms with Crippen LogP contribution in [-0.4, -0.2) is 12.2 Å². The number of rotatable bonds is 0. The summed E-state index contributed by atoms with van der Waals surface area (Å²) in [6, 6.07) is 0. The Morgan fingerprint density at radius 2 is 1.57 bits per heavy atom. The Kier molecular flexibility index (Phi) is 2.63. The molecule has 1 heterocycles. The molecular formula is C13H24O. The zero-order valence-corrected chi connectivity index (χ0v) is 10.0. The van der Waals surface area contributed by atoms with Gasteiger partial charge in [0.15, 0.2) is 0 Å². The van der Waals surface area contributed by atoms with E-state index >= 15 is 0 Å². The lowest BCUT2D eigenvalue weighted by molar-refractivity contribution is -0.122. The molecule has 0 amide bonds. The van der Waals surface area contributed by atoms with Crippen LogP contribution >= 0.6 is 0 Å². The fraction of sp³-hybridized carbons (Fsp3) is 1.00. The number of hydrogen-bond donors (Lipinski definition) is 0. The zero-order valence-electron chi connectivity index (χ0n) is 10.0. The summed E-state index contributed by atoms with van der Waals surface area (Å²) in [4.78, 5) is 0. The molecule has 0 aromatic heterocycles. The summed E-state index contributed by atoms with van der Waals surface area (Å²) < 4.78 is 5.92. The molecule has 1 aliphatic heterocycles. The summed E-state index contributed by atoms with van der Waals surface area (Å²) in [5.41, 5.74) is 0.140. The molecular weight excluding hydrogens is 172 g/mol. The van der Waals surface area contributed by atoms with Crippen LogP contribution in [0.3, 0.4) is 0 Å². The van der Waals surface area contributed by atoms with Crippen LogP contribution in [0.25, 0.3) is 0 Å². The van der Waals surface area contributed by atoms with Crippen molar-refractivity contribution in [1.82, 2.24) is 0 Å². The van der Waals surface area contributed by atoms with Crippen LogP contribution in [0.4, 0.5) is 0 Å². The minimum atomic E-state index is 0.140. The van der Waals surface area contributed by atoms with Crippen LogP contribution in [-0.2, 0) is 4.74 Å². The van der Waals surface area contributed by atoms with Crippen molar-refractivity contribution in [1.29, 1.82) is 0 Å². The second-order valence-corrected chi connectivity index (χ2v) is 6.22. The molecule has 14 heavy (non-hydrogen) atoms. The van der Waals surface area contributed by atoms with E-state index in [1.807, 2.05) is 0 Å². The highest BCUT2D eigenvalue weighted by Crippen LogP contribution is 2.45.